The van der Waals surface area contributed by atoms with Crippen molar-refractivity contribution in [3.8, 4) is 0 Å². The van der Waals surface area contributed by atoms with Gasteiger partial charge in [0.05, 0.1) is 11.8 Å². The fourth-order valence-electron chi connectivity index (χ4n) is 1.49. The SMILES string of the molecule is Cn1c(N)c(/C=N/NC(=O)c2ccccc2)cnc1=O. The van der Waals surface area contributed by atoms with E-state index in [1.807, 2.05) is 6.07 Å². The van der Waals surface area contributed by atoms with Crippen LogP contribution in [-0.2, 0) is 7.05 Å². The highest BCUT2D eigenvalue weighted by Gasteiger charge is 2.04. The van der Waals surface area contributed by atoms with Crippen LogP contribution in [0.25, 0.3) is 0 Å². The quantitative estimate of drug-likeness (QED) is 0.611. The molecule has 0 bridgehead atoms. The molecule has 0 fully saturated rings. The second kappa shape index (κ2) is 5.79. The summed E-state index contributed by atoms with van der Waals surface area (Å²) in [5.74, 6) is -0.110. The Balaban J connectivity index is 2.10. The summed E-state index contributed by atoms with van der Waals surface area (Å²) < 4.78 is 1.19. The number of benzene rings is 1. The van der Waals surface area contributed by atoms with E-state index in [1.54, 1.807) is 24.3 Å². The van der Waals surface area contributed by atoms with Gasteiger partial charge in [-0.15, -0.1) is 0 Å². The molecular weight excluding hydrogens is 258 g/mol. The maximum atomic E-state index is 11.7. The number of nitrogens with one attached hydrogen (secondary N) is 1. The lowest BCUT2D eigenvalue weighted by Crippen LogP contribution is -2.24. The number of nitrogens with zero attached hydrogens (tertiary/aromatic N) is 3. The maximum absolute atomic E-state index is 11.7. The Labute approximate surface area is 114 Å². The Morgan fingerprint density at radius 2 is 2.10 bits per heavy atom. The minimum Gasteiger partial charge on any atom is -0.384 e. The Morgan fingerprint density at radius 1 is 1.40 bits per heavy atom. The van der Waals surface area contributed by atoms with Gasteiger partial charge >= 0.3 is 5.69 Å². The second-order valence-electron chi connectivity index (χ2n) is 4.01. The summed E-state index contributed by atoms with van der Waals surface area (Å²) in [4.78, 5) is 26.5. The highest BCUT2D eigenvalue weighted by molar-refractivity contribution is 5.95. The average Bonchev–Trinajstić information content (AvgIpc) is 2.48. The molecule has 1 heterocycles. The number of nitrogens with two attached hydrogens (primary N) is 1. The Hall–Kier alpha value is -2.96. The number of amides is 1. The number of rotatable bonds is 3. The number of carbonyl (C=O) groups excluding carboxylic acids is 1. The summed E-state index contributed by atoms with van der Waals surface area (Å²) in [6, 6.07) is 8.68. The molecule has 0 atom stereocenters. The molecule has 3 N–H and O–H groups in total. The van der Waals surface area contributed by atoms with Crippen LogP contribution in [0.1, 0.15) is 15.9 Å². The first-order valence-corrected chi connectivity index (χ1v) is 5.79. The fraction of sp³-hybridized carbons (Fsp3) is 0.0769. The van der Waals surface area contributed by atoms with Crippen LogP contribution in [0.3, 0.4) is 0 Å². The van der Waals surface area contributed by atoms with Gasteiger partial charge in [-0.3, -0.25) is 9.36 Å². The van der Waals surface area contributed by atoms with Gasteiger partial charge in [0.15, 0.2) is 0 Å². The van der Waals surface area contributed by atoms with Crippen molar-refractivity contribution >= 4 is 17.9 Å². The summed E-state index contributed by atoms with van der Waals surface area (Å²) in [6.45, 7) is 0. The summed E-state index contributed by atoms with van der Waals surface area (Å²) in [7, 11) is 1.50. The van der Waals surface area contributed by atoms with Gasteiger partial charge in [0.25, 0.3) is 5.91 Å². The lowest BCUT2D eigenvalue weighted by molar-refractivity contribution is 0.0955. The lowest BCUT2D eigenvalue weighted by atomic mass is 10.2. The predicted molar refractivity (Wildman–Crippen MR) is 75.4 cm³/mol. The number of hydrogen-bond acceptors (Lipinski definition) is 5. The van der Waals surface area contributed by atoms with Crippen LogP contribution in [0.2, 0.25) is 0 Å². The number of hydrazone groups is 1. The molecule has 1 aromatic heterocycles. The van der Waals surface area contributed by atoms with Gasteiger partial charge in [-0.25, -0.2) is 15.2 Å². The third kappa shape index (κ3) is 2.89. The third-order valence-corrected chi connectivity index (χ3v) is 2.66. The number of anilines is 1. The van der Waals surface area contributed by atoms with Crippen LogP contribution in [0.4, 0.5) is 5.82 Å². The predicted octanol–water partition coefficient (Wildman–Crippen LogP) is 0.126. The van der Waals surface area contributed by atoms with E-state index in [9.17, 15) is 9.59 Å². The van der Waals surface area contributed by atoms with Crippen molar-refractivity contribution in [2.75, 3.05) is 5.73 Å². The molecule has 20 heavy (non-hydrogen) atoms. The third-order valence-electron chi connectivity index (χ3n) is 2.66. The van der Waals surface area contributed by atoms with Crippen LogP contribution in [0, 0.1) is 0 Å². The monoisotopic (exact) mass is 271 g/mol. The molecule has 1 aromatic carbocycles. The van der Waals surface area contributed by atoms with Crippen molar-refractivity contribution in [3.05, 3.63) is 58.1 Å². The molecule has 7 heteroatoms. The zero-order chi connectivity index (χ0) is 14.5. The van der Waals surface area contributed by atoms with Gasteiger partial charge in [-0.05, 0) is 12.1 Å². The molecule has 0 unspecified atom stereocenters. The molecule has 1 amide bonds. The van der Waals surface area contributed by atoms with E-state index in [2.05, 4.69) is 15.5 Å². The van der Waals surface area contributed by atoms with E-state index in [4.69, 9.17) is 5.73 Å². The first kappa shape index (κ1) is 13.5. The molecule has 0 radical (unpaired) electrons. The number of hydrogen-bond donors (Lipinski definition) is 2. The Bertz CT molecular complexity index is 706. The van der Waals surface area contributed by atoms with E-state index in [0.29, 0.717) is 11.1 Å². The molecule has 2 aromatic rings. The highest BCUT2D eigenvalue weighted by atomic mass is 16.2. The summed E-state index contributed by atoms with van der Waals surface area (Å²) in [5.41, 5.74) is 8.59. The normalized spacial score (nSPS) is 10.7. The molecule has 0 saturated heterocycles. The largest absolute Gasteiger partial charge is 0.384 e. The zero-order valence-electron chi connectivity index (χ0n) is 10.8. The van der Waals surface area contributed by atoms with Crippen molar-refractivity contribution in [1.29, 1.82) is 0 Å². The van der Waals surface area contributed by atoms with Gasteiger partial charge < -0.3 is 5.73 Å². The standard InChI is InChI=1S/C13H13N5O2/c1-18-11(14)10(7-15-13(18)20)8-16-17-12(19)9-5-3-2-4-6-9/h2-8H,14H2,1H3,(H,17,19)/b16-8+. The first-order chi connectivity index (χ1) is 9.59. The Morgan fingerprint density at radius 3 is 2.80 bits per heavy atom. The molecule has 7 nitrogen and oxygen atoms in total. The smallest absolute Gasteiger partial charge is 0.348 e. The van der Waals surface area contributed by atoms with Crippen LogP contribution in [0.15, 0.2) is 46.4 Å². The summed E-state index contributed by atoms with van der Waals surface area (Å²) >= 11 is 0. The van der Waals surface area contributed by atoms with Crippen molar-refractivity contribution in [2.24, 2.45) is 12.1 Å². The van der Waals surface area contributed by atoms with Crippen LogP contribution in [-0.4, -0.2) is 21.7 Å². The lowest BCUT2D eigenvalue weighted by Gasteiger charge is -2.04. The van der Waals surface area contributed by atoms with Crippen molar-refractivity contribution in [2.45, 2.75) is 0 Å². The van der Waals surface area contributed by atoms with Crippen LogP contribution in [0.5, 0.6) is 0 Å². The van der Waals surface area contributed by atoms with E-state index < -0.39 is 5.69 Å². The zero-order valence-corrected chi connectivity index (χ0v) is 10.8. The molecule has 0 spiro atoms. The van der Waals surface area contributed by atoms with Crippen LogP contribution >= 0.6 is 0 Å². The van der Waals surface area contributed by atoms with E-state index >= 15 is 0 Å². The molecule has 102 valence electrons. The maximum Gasteiger partial charge on any atom is 0.348 e. The van der Waals surface area contributed by atoms with Crippen LogP contribution < -0.4 is 16.8 Å². The van der Waals surface area contributed by atoms with Gasteiger partial charge in [-0.1, -0.05) is 18.2 Å². The topological polar surface area (TPSA) is 102 Å². The molecule has 0 aliphatic carbocycles. The molecule has 0 saturated carbocycles. The van der Waals surface area contributed by atoms with Gasteiger partial charge in [0.1, 0.15) is 5.82 Å². The van der Waals surface area contributed by atoms with Gasteiger partial charge in [0, 0.05) is 18.8 Å². The van der Waals surface area contributed by atoms with Gasteiger partial charge in [-0.2, -0.15) is 5.10 Å². The first-order valence-electron chi connectivity index (χ1n) is 5.79. The van der Waals surface area contributed by atoms with Crippen molar-refractivity contribution < 1.29 is 4.79 Å². The van der Waals surface area contributed by atoms with Gasteiger partial charge in [0.2, 0.25) is 0 Å². The molecular formula is C13H13N5O2. The second-order valence-corrected chi connectivity index (χ2v) is 4.01. The van der Waals surface area contributed by atoms with E-state index in [-0.39, 0.29) is 11.7 Å². The number of aromatic nitrogens is 2. The van der Waals surface area contributed by atoms with Crippen molar-refractivity contribution in [3.63, 3.8) is 0 Å². The van der Waals surface area contributed by atoms with E-state index in [1.165, 1.54) is 24.0 Å². The molecule has 0 aliphatic heterocycles. The fourth-order valence-corrected chi connectivity index (χ4v) is 1.49. The summed E-state index contributed by atoms with van der Waals surface area (Å²) in [6.07, 6.45) is 2.64. The number of nitrogen functional groups attached to an aromatic ring is 1. The minimum atomic E-state index is -0.451. The number of carbonyl (C=O) groups is 1. The summed E-state index contributed by atoms with van der Waals surface area (Å²) in [5, 5.41) is 3.79. The van der Waals surface area contributed by atoms with Crippen molar-refractivity contribution in [1.82, 2.24) is 15.0 Å². The van der Waals surface area contributed by atoms with E-state index in [0.717, 1.165) is 0 Å². The molecule has 2 rings (SSSR count). The minimum absolute atomic E-state index is 0.225. The average molecular weight is 271 g/mol. The Kier molecular flexibility index (Phi) is 3.90. The highest BCUT2D eigenvalue weighted by Crippen LogP contribution is 2.02. The molecule has 0 aliphatic rings.